The number of halogens is 2. The quantitative estimate of drug-likeness (QED) is 0.785. The summed E-state index contributed by atoms with van der Waals surface area (Å²) in [5.41, 5.74) is 0.981. The van der Waals surface area contributed by atoms with Gasteiger partial charge >= 0.3 is 0 Å². The van der Waals surface area contributed by atoms with E-state index in [4.69, 9.17) is 0 Å². The summed E-state index contributed by atoms with van der Waals surface area (Å²) in [7, 11) is 0. The van der Waals surface area contributed by atoms with Gasteiger partial charge in [-0.05, 0) is 30.5 Å². The highest BCUT2D eigenvalue weighted by atomic mass is 79.9. The van der Waals surface area contributed by atoms with E-state index in [9.17, 15) is 9.18 Å². The van der Waals surface area contributed by atoms with Crippen molar-refractivity contribution < 1.29 is 9.18 Å². The molecule has 2 atom stereocenters. The van der Waals surface area contributed by atoms with E-state index in [1.54, 1.807) is 12.1 Å². The van der Waals surface area contributed by atoms with Crippen molar-refractivity contribution in [1.82, 2.24) is 4.90 Å². The molecule has 1 aliphatic rings. The first-order chi connectivity index (χ1) is 8.11. The normalized spacial score (nSPS) is 21.9. The number of carbonyl (C=O) groups excluding carboxylic acids is 1. The first-order valence-electron chi connectivity index (χ1n) is 5.72. The fraction of sp³-hybridized carbons (Fsp3) is 0.462. The number of likely N-dealkylation sites (tertiary alicyclic amines) is 1. The van der Waals surface area contributed by atoms with E-state index in [1.165, 1.54) is 12.1 Å². The van der Waals surface area contributed by atoms with Crippen LogP contribution in [-0.2, 0) is 4.79 Å². The Morgan fingerprint density at radius 2 is 2.12 bits per heavy atom. The molecule has 4 heteroatoms. The van der Waals surface area contributed by atoms with Gasteiger partial charge in [0, 0.05) is 18.3 Å². The summed E-state index contributed by atoms with van der Waals surface area (Å²) in [6.45, 7) is 2.77. The lowest BCUT2D eigenvalue weighted by atomic mass is 10.1. The molecular weight excluding hydrogens is 285 g/mol. The van der Waals surface area contributed by atoms with Gasteiger partial charge < -0.3 is 4.90 Å². The maximum atomic E-state index is 12.8. The SMILES string of the molecule is CC(c1ccc(F)cc1)N1CC(CBr)CC1=O. The molecule has 1 aromatic rings. The van der Waals surface area contributed by atoms with E-state index < -0.39 is 0 Å². The first-order valence-corrected chi connectivity index (χ1v) is 6.85. The number of hydrogen-bond acceptors (Lipinski definition) is 1. The summed E-state index contributed by atoms with van der Waals surface area (Å²) in [4.78, 5) is 13.7. The number of carbonyl (C=O) groups is 1. The molecule has 2 rings (SSSR count). The predicted octanol–water partition coefficient (Wildman–Crippen LogP) is 3.13. The monoisotopic (exact) mass is 299 g/mol. The molecule has 1 saturated heterocycles. The maximum Gasteiger partial charge on any atom is 0.223 e. The molecule has 1 aliphatic heterocycles. The zero-order valence-electron chi connectivity index (χ0n) is 9.70. The van der Waals surface area contributed by atoms with Crippen LogP contribution in [0.5, 0.6) is 0 Å². The highest BCUT2D eigenvalue weighted by Gasteiger charge is 2.32. The summed E-state index contributed by atoms with van der Waals surface area (Å²) in [6, 6.07) is 6.39. The van der Waals surface area contributed by atoms with Crippen LogP contribution >= 0.6 is 15.9 Å². The molecular formula is C13H15BrFNO. The van der Waals surface area contributed by atoms with Crippen LogP contribution < -0.4 is 0 Å². The van der Waals surface area contributed by atoms with Crippen molar-refractivity contribution in [3.63, 3.8) is 0 Å². The Balaban J connectivity index is 2.12. The Labute approximate surface area is 109 Å². The Bertz CT molecular complexity index is 406. The van der Waals surface area contributed by atoms with Crippen molar-refractivity contribution in [2.75, 3.05) is 11.9 Å². The van der Waals surface area contributed by atoms with Crippen molar-refractivity contribution >= 4 is 21.8 Å². The van der Waals surface area contributed by atoms with E-state index in [0.717, 1.165) is 17.4 Å². The maximum absolute atomic E-state index is 12.8. The number of hydrogen-bond donors (Lipinski definition) is 0. The summed E-state index contributed by atoms with van der Waals surface area (Å²) >= 11 is 3.42. The molecule has 0 bridgehead atoms. The van der Waals surface area contributed by atoms with E-state index in [1.807, 2.05) is 11.8 Å². The van der Waals surface area contributed by atoms with Gasteiger partial charge in [-0.1, -0.05) is 28.1 Å². The average molecular weight is 300 g/mol. The Kier molecular flexibility index (Phi) is 3.82. The van der Waals surface area contributed by atoms with Gasteiger partial charge in [-0.25, -0.2) is 4.39 Å². The van der Waals surface area contributed by atoms with Crippen molar-refractivity contribution in [1.29, 1.82) is 0 Å². The summed E-state index contributed by atoms with van der Waals surface area (Å²) < 4.78 is 12.8. The Morgan fingerprint density at radius 1 is 1.47 bits per heavy atom. The highest BCUT2D eigenvalue weighted by Crippen LogP contribution is 2.29. The van der Waals surface area contributed by atoms with Gasteiger partial charge in [0.05, 0.1) is 6.04 Å². The van der Waals surface area contributed by atoms with Gasteiger partial charge in [-0.2, -0.15) is 0 Å². The third kappa shape index (κ3) is 2.68. The summed E-state index contributed by atoms with van der Waals surface area (Å²) in [5.74, 6) is 0.337. The summed E-state index contributed by atoms with van der Waals surface area (Å²) in [5, 5.41) is 0.853. The minimum atomic E-state index is -0.243. The van der Waals surface area contributed by atoms with Crippen LogP contribution in [0.3, 0.4) is 0 Å². The lowest BCUT2D eigenvalue weighted by Crippen LogP contribution is -2.28. The van der Waals surface area contributed by atoms with E-state index in [-0.39, 0.29) is 17.8 Å². The summed E-state index contributed by atoms with van der Waals surface area (Å²) in [6.07, 6.45) is 0.608. The smallest absolute Gasteiger partial charge is 0.223 e. The van der Waals surface area contributed by atoms with Gasteiger partial charge in [-0.15, -0.1) is 0 Å². The number of rotatable bonds is 3. The number of alkyl halides is 1. The Hall–Kier alpha value is -0.900. The fourth-order valence-electron chi connectivity index (χ4n) is 2.21. The molecule has 0 aliphatic carbocycles. The molecule has 2 nitrogen and oxygen atoms in total. The van der Waals surface area contributed by atoms with Crippen LogP contribution in [0, 0.1) is 11.7 Å². The molecule has 1 amide bonds. The van der Waals surface area contributed by atoms with Crippen LogP contribution in [0.25, 0.3) is 0 Å². The molecule has 92 valence electrons. The highest BCUT2D eigenvalue weighted by molar-refractivity contribution is 9.09. The van der Waals surface area contributed by atoms with Gasteiger partial charge in [0.25, 0.3) is 0 Å². The lowest BCUT2D eigenvalue weighted by molar-refractivity contribution is -0.129. The molecule has 0 aromatic heterocycles. The average Bonchev–Trinajstić information content (AvgIpc) is 2.71. The van der Waals surface area contributed by atoms with Gasteiger partial charge in [0.1, 0.15) is 5.82 Å². The van der Waals surface area contributed by atoms with E-state index in [2.05, 4.69) is 15.9 Å². The van der Waals surface area contributed by atoms with Crippen LogP contribution in [0.1, 0.15) is 24.9 Å². The van der Waals surface area contributed by atoms with Crippen molar-refractivity contribution in [3.05, 3.63) is 35.6 Å². The topological polar surface area (TPSA) is 20.3 Å². The fourth-order valence-corrected chi connectivity index (χ4v) is 2.64. The van der Waals surface area contributed by atoms with Crippen LogP contribution in [0.2, 0.25) is 0 Å². The zero-order chi connectivity index (χ0) is 12.4. The van der Waals surface area contributed by atoms with Crippen LogP contribution in [0.4, 0.5) is 4.39 Å². The Morgan fingerprint density at radius 3 is 2.65 bits per heavy atom. The van der Waals surface area contributed by atoms with Gasteiger partial charge in [0.15, 0.2) is 0 Å². The second kappa shape index (κ2) is 5.17. The predicted molar refractivity (Wildman–Crippen MR) is 68.4 cm³/mol. The molecule has 0 radical (unpaired) electrons. The van der Waals surface area contributed by atoms with Gasteiger partial charge in [0.2, 0.25) is 5.91 Å². The number of nitrogens with zero attached hydrogens (tertiary/aromatic N) is 1. The molecule has 0 spiro atoms. The van der Waals surface area contributed by atoms with E-state index >= 15 is 0 Å². The third-order valence-electron chi connectivity index (χ3n) is 3.28. The molecule has 1 aromatic carbocycles. The van der Waals surface area contributed by atoms with Gasteiger partial charge in [-0.3, -0.25) is 4.79 Å². The lowest BCUT2D eigenvalue weighted by Gasteiger charge is -2.25. The van der Waals surface area contributed by atoms with Crippen molar-refractivity contribution in [2.24, 2.45) is 5.92 Å². The zero-order valence-corrected chi connectivity index (χ0v) is 11.3. The second-order valence-electron chi connectivity index (χ2n) is 4.50. The van der Waals surface area contributed by atoms with Crippen molar-refractivity contribution in [3.8, 4) is 0 Å². The molecule has 17 heavy (non-hydrogen) atoms. The molecule has 0 saturated carbocycles. The minimum absolute atomic E-state index is 0.0205. The second-order valence-corrected chi connectivity index (χ2v) is 5.15. The standard InChI is InChI=1S/C13H15BrFNO/c1-9(11-2-4-12(15)5-3-11)16-8-10(7-14)6-13(16)17/h2-5,9-10H,6-8H2,1H3. The molecule has 1 heterocycles. The third-order valence-corrected chi connectivity index (χ3v) is 4.19. The van der Waals surface area contributed by atoms with Crippen LogP contribution in [0.15, 0.2) is 24.3 Å². The van der Waals surface area contributed by atoms with Crippen molar-refractivity contribution in [2.45, 2.75) is 19.4 Å². The largest absolute Gasteiger partial charge is 0.336 e. The number of benzene rings is 1. The molecule has 0 N–H and O–H groups in total. The number of amides is 1. The van der Waals surface area contributed by atoms with E-state index in [0.29, 0.717) is 12.3 Å². The first kappa shape index (κ1) is 12.6. The molecule has 2 unspecified atom stereocenters. The van der Waals surface area contributed by atoms with Crippen LogP contribution in [-0.4, -0.2) is 22.7 Å². The molecule has 1 fully saturated rings. The minimum Gasteiger partial charge on any atom is -0.336 e.